The van der Waals surface area contributed by atoms with Gasteiger partial charge in [0, 0.05) is 10.0 Å². The van der Waals surface area contributed by atoms with Crippen LogP contribution in [0.25, 0.3) is 0 Å². The molecule has 0 radical (unpaired) electrons. The van der Waals surface area contributed by atoms with E-state index in [1.165, 1.54) is 0 Å². The van der Waals surface area contributed by atoms with Crippen molar-refractivity contribution in [3.8, 4) is 6.07 Å². The van der Waals surface area contributed by atoms with Crippen molar-refractivity contribution < 1.29 is 4.79 Å². The molecule has 0 aromatic heterocycles. The maximum atomic E-state index is 11.7. The zero-order valence-electron chi connectivity index (χ0n) is 7.83. The maximum absolute atomic E-state index is 11.7. The molecule has 0 aliphatic rings. The van der Waals surface area contributed by atoms with Crippen LogP contribution in [0.2, 0.25) is 0 Å². The van der Waals surface area contributed by atoms with Gasteiger partial charge >= 0.3 is 0 Å². The number of carbonyl (C=O) groups excluding carboxylic acids is 1. The Kier molecular flexibility index (Phi) is 3.84. The van der Waals surface area contributed by atoms with Gasteiger partial charge in [0.2, 0.25) is 0 Å². The summed E-state index contributed by atoms with van der Waals surface area (Å²) in [5, 5.41) is 8.73. The van der Waals surface area contributed by atoms with E-state index in [0.29, 0.717) is 12.0 Å². The Bertz CT molecular complexity index is 364. The molecule has 2 nitrogen and oxygen atoms in total. The second-order valence-electron chi connectivity index (χ2n) is 2.96. The Labute approximate surface area is 91.7 Å². The molecule has 0 heterocycles. The standard InChI is InChI=1S/C11H10BrNO/c1-2-8(7-13)11(14)9-3-5-10(12)6-4-9/h3-6,8H,2H2,1H3. The molecular weight excluding hydrogens is 242 g/mol. The highest BCUT2D eigenvalue weighted by atomic mass is 79.9. The lowest BCUT2D eigenvalue weighted by Gasteiger charge is -2.04. The van der Waals surface area contributed by atoms with Gasteiger partial charge in [-0.3, -0.25) is 4.79 Å². The van der Waals surface area contributed by atoms with Crippen molar-refractivity contribution in [2.24, 2.45) is 5.92 Å². The molecule has 1 aromatic rings. The quantitative estimate of drug-likeness (QED) is 0.775. The zero-order valence-corrected chi connectivity index (χ0v) is 9.41. The van der Waals surface area contributed by atoms with Gasteiger partial charge in [-0.25, -0.2) is 0 Å². The first-order valence-electron chi connectivity index (χ1n) is 4.38. The Morgan fingerprint density at radius 2 is 2.07 bits per heavy atom. The van der Waals surface area contributed by atoms with Crippen molar-refractivity contribution in [3.05, 3.63) is 34.3 Å². The van der Waals surface area contributed by atoms with Crippen LogP contribution < -0.4 is 0 Å². The average molecular weight is 252 g/mol. The van der Waals surface area contributed by atoms with Gasteiger partial charge in [-0.05, 0) is 18.6 Å². The summed E-state index contributed by atoms with van der Waals surface area (Å²) in [6.45, 7) is 1.84. The van der Waals surface area contributed by atoms with Crippen molar-refractivity contribution in [1.82, 2.24) is 0 Å². The van der Waals surface area contributed by atoms with Crippen molar-refractivity contribution in [3.63, 3.8) is 0 Å². The van der Waals surface area contributed by atoms with Gasteiger partial charge in [-0.2, -0.15) is 5.26 Å². The van der Waals surface area contributed by atoms with Crippen LogP contribution in [-0.4, -0.2) is 5.78 Å². The summed E-state index contributed by atoms with van der Waals surface area (Å²) >= 11 is 3.29. The molecule has 0 fully saturated rings. The third-order valence-electron chi connectivity index (χ3n) is 2.01. The smallest absolute Gasteiger partial charge is 0.179 e. The lowest BCUT2D eigenvalue weighted by atomic mass is 9.97. The van der Waals surface area contributed by atoms with E-state index in [9.17, 15) is 4.79 Å². The van der Waals surface area contributed by atoms with Gasteiger partial charge in [0.25, 0.3) is 0 Å². The third kappa shape index (κ3) is 2.43. The number of ketones is 1. The molecular formula is C11H10BrNO. The van der Waals surface area contributed by atoms with Crippen molar-refractivity contribution >= 4 is 21.7 Å². The molecule has 72 valence electrons. The predicted molar refractivity (Wildman–Crippen MR) is 57.9 cm³/mol. The monoisotopic (exact) mass is 251 g/mol. The number of hydrogen-bond acceptors (Lipinski definition) is 2. The molecule has 1 atom stereocenters. The third-order valence-corrected chi connectivity index (χ3v) is 2.54. The van der Waals surface area contributed by atoms with E-state index in [0.717, 1.165) is 4.47 Å². The number of benzene rings is 1. The van der Waals surface area contributed by atoms with Crippen LogP contribution in [0.3, 0.4) is 0 Å². The van der Waals surface area contributed by atoms with E-state index >= 15 is 0 Å². The Hall–Kier alpha value is -1.14. The van der Waals surface area contributed by atoms with Gasteiger partial charge in [-0.15, -0.1) is 0 Å². The number of nitriles is 1. The SMILES string of the molecule is CCC(C#N)C(=O)c1ccc(Br)cc1. The minimum Gasteiger partial charge on any atom is -0.293 e. The van der Waals surface area contributed by atoms with Crippen molar-refractivity contribution in [2.45, 2.75) is 13.3 Å². The molecule has 1 aromatic carbocycles. The number of nitrogens with zero attached hydrogens (tertiary/aromatic N) is 1. The molecule has 3 heteroatoms. The number of rotatable bonds is 3. The molecule has 14 heavy (non-hydrogen) atoms. The van der Waals surface area contributed by atoms with Crippen LogP contribution in [0.15, 0.2) is 28.7 Å². The van der Waals surface area contributed by atoms with Gasteiger partial charge < -0.3 is 0 Å². The molecule has 0 aliphatic heterocycles. The van der Waals surface area contributed by atoms with E-state index in [2.05, 4.69) is 15.9 Å². The predicted octanol–water partition coefficient (Wildman–Crippen LogP) is 3.18. The minimum absolute atomic E-state index is 0.0949. The average Bonchev–Trinajstić information content (AvgIpc) is 2.20. The van der Waals surface area contributed by atoms with Crippen LogP contribution in [-0.2, 0) is 0 Å². The fourth-order valence-electron chi connectivity index (χ4n) is 1.15. The van der Waals surface area contributed by atoms with Gasteiger partial charge in [0.15, 0.2) is 5.78 Å². The summed E-state index contributed by atoms with van der Waals surface area (Å²) in [7, 11) is 0. The number of carbonyl (C=O) groups is 1. The number of Topliss-reactive ketones (excluding diaryl/α,β-unsaturated/α-hetero) is 1. The fraction of sp³-hybridized carbons (Fsp3) is 0.273. The molecule has 1 unspecified atom stereocenters. The molecule has 0 spiro atoms. The fourth-order valence-corrected chi connectivity index (χ4v) is 1.41. The zero-order chi connectivity index (χ0) is 10.6. The summed E-state index contributed by atoms with van der Waals surface area (Å²) < 4.78 is 0.930. The lowest BCUT2D eigenvalue weighted by molar-refractivity contribution is 0.0946. The Balaban J connectivity index is 2.90. The molecule has 0 amide bonds. The highest BCUT2D eigenvalue weighted by Crippen LogP contribution is 2.15. The first kappa shape index (κ1) is 10.9. The summed E-state index contributed by atoms with van der Waals surface area (Å²) in [4.78, 5) is 11.7. The molecule has 0 saturated carbocycles. The van der Waals surface area contributed by atoms with Gasteiger partial charge in [0.05, 0.1) is 6.07 Å². The van der Waals surface area contributed by atoms with Crippen LogP contribution >= 0.6 is 15.9 Å². The van der Waals surface area contributed by atoms with E-state index in [4.69, 9.17) is 5.26 Å². The van der Waals surface area contributed by atoms with Gasteiger partial charge in [0.1, 0.15) is 5.92 Å². The topological polar surface area (TPSA) is 40.9 Å². The second-order valence-corrected chi connectivity index (χ2v) is 3.88. The normalized spacial score (nSPS) is 11.8. The van der Waals surface area contributed by atoms with E-state index < -0.39 is 5.92 Å². The number of hydrogen-bond donors (Lipinski definition) is 0. The summed E-state index contributed by atoms with van der Waals surface area (Å²) in [5.41, 5.74) is 0.599. The van der Waals surface area contributed by atoms with Crippen molar-refractivity contribution in [2.75, 3.05) is 0 Å². The maximum Gasteiger partial charge on any atom is 0.179 e. The van der Waals surface area contributed by atoms with Crippen LogP contribution in [0.1, 0.15) is 23.7 Å². The lowest BCUT2D eigenvalue weighted by Crippen LogP contribution is -2.11. The van der Waals surface area contributed by atoms with Crippen molar-refractivity contribution in [1.29, 1.82) is 5.26 Å². The second kappa shape index (κ2) is 4.92. The molecule has 0 aliphatic carbocycles. The summed E-state index contributed by atoms with van der Waals surface area (Å²) in [6.07, 6.45) is 0.561. The molecule has 0 bridgehead atoms. The minimum atomic E-state index is -0.517. The van der Waals surface area contributed by atoms with Crippen LogP contribution in [0.5, 0.6) is 0 Å². The Morgan fingerprint density at radius 3 is 2.50 bits per heavy atom. The van der Waals surface area contributed by atoms with E-state index in [-0.39, 0.29) is 5.78 Å². The highest BCUT2D eigenvalue weighted by Gasteiger charge is 2.16. The molecule has 1 rings (SSSR count). The largest absolute Gasteiger partial charge is 0.293 e. The van der Waals surface area contributed by atoms with Crippen LogP contribution in [0.4, 0.5) is 0 Å². The first-order chi connectivity index (χ1) is 6.69. The van der Waals surface area contributed by atoms with Gasteiger partial charge in [-0.1, -0.05) is 35.0 Å². The first-order valence-corrected chi connectivity index (χ1v) is 5.17. The summed E-state index contributed by atoms with van der Waals surface area (Å²) in [6, 6.07) is 9.07. The molecule has 0 saturated heterocycles. The highest BCUT2D eigenvalue weighted by molar-refractivity contribution is 9.10. The Morgan fingerprint density at radius 1 is 1.50 bits per heavy atom. The van der Waals surface area contributed by atoms with E-state index in [1.807, 2.05) is 13.0 Å². The number of halogens is 1. The van der Waals surface area contributed by atoms with E-state index in [1.54, 1.807) is 24.3 Å². The summed E-state index contributed by atoms with van der Waals surface area (Å²) in [5.74, 6) is -0.612. The van der Waals surface area contributed by atoms with Crippen LogP contribution in [0, 0.1) is 17.2 Å². The molecule has 0 N–H and O–H groups in total.